The zero-order valence-electron chi connectivity index (χ0n) is 16.4. The maximum atomic E-state index is 13.0. The summed E-state index contributed by atoms with van der Waals surface area (Å²) >= 11 is 0. The van der Waals surface area contributed by atoms with Gasteiger partial charge in [0, 0.05) is 17.1 Å². The van der Waals surface area contributed by atoms with Crippen LogP contribution in [0.2, 0.25) is 0 Å². The number of rotatable bonds is 3. The van der Waals surface area contributed by atoms with Crippen LogP contribution in [0.25, 0.3) is 0 Å². The molecule has 0 spiro atoms. The molecule has 1 aliphatic rings. The first-order valence-corrected chi connectivity index (χ1v) is 10.7. The molecule has 2 aromatic rings. The van der Waals surface area contributed by atoms with E-state index in [1.807, 2.05) is 0 Å². The van der Waals surface area contributed by atoms with Gasteiger partial charge in [0.25, 0.3) is 0 Å². The lowest BCUT2D eigenvalue weighted by Gasteiger charge is -2.40. The lowest BCUT2D eigenvalue weighted by atomic mass is 10.00. The molecular weight excluding hydrogens is 452 g/mol. The average molecular weight is 470 g/mol. The standard InChI is InChI=1S/C20H18F8N2S/c1-13-19(3,4)30(17-7-5-15(6-8-17)20(21,22)23)14(2)29(13)16-9-11-18(12-10-16)31(24,25,26,27)28/h5-12H,1-2H2,3-4H3. The Balaban J connectivity index is 2.00. The van der Waals surface area contributed by atoms with Gasteiger partial charge in [-0.2, -0.15) is 13.2 Å². The highest BCUT2D eigenvalue weighted by Crippen LogP contribution is 3.02. The number of nitrogens with zero attached hydrogens (tertiary/aromatic N) is 2. The van der Waals surface area contributed by atoms with E-state index in [9.17, 15) is 32.6 Å². The van der Waals surface area contributed by atoms with Crippen LogP contribution in [-0.2, 0) is 6.18 Å². The van der Waals surface area contributed by atoms with Crippen molar-refractivity contribution in [3.05, 3.63) is 78.8 Å². The summed E-state index contributed by atoms with van der Waals surface area (Å²) in [6.07, 6.45) is -4.52. The summed E-state index contributed by atoms with van der Waals surface area (Å²) in [6, 6.07) is 6.58. The lowest BCUT2D eigenvalue weighted by molar-refractivity contribution is -0.137. The summed E-state index contributed by atoms with van der Waals surface area (Å²) in [4.78, 5) is 0.902. The van der Waals surface area contributed by atoms with Gasteiger partial charge in [0.05, 0.1) is 11.1 Å². The number of hydrogen-bond acceptors (Lipinski definition) is 2. The van der Waals surface area contributed by atoms with Gasteiger partial charge >= 0.3 is 16.4 Å². The number of alkyl halides is 3. The molecule has 1 saturated heterocycles. The fourth-order valence-corrected chi connectivity index (χ4v) is 4.06. The summed E-state index contributed by atoms with van der Waals surface area (Å²) in [5, 5.41) is 0. The molecule has 0 bridgehead atoms. The molecule has 2 aromatic carbocycles. The topological polar surface area (TPSA) is 6.48 Å². The van der Waals surface area contributed by atoms with Crippen molar-refractivity contribution in [2.45, 2.75) is 30.5 Å². The first kappa shape index (κ1) is 23.0. The number of halogens is 8. The van der Waals surface area contributed by atoms with Crippen LogP contribution in [0.15, 0.2) is 78.1 Å². The van der Waals surface area contributed by atoms with Crippen molar-refractivity contribution in [3.63, 3.8) is 0 Å². The molecule has 0 amide bonds. The number of anilines is 2. The van der Waals surface area contributed by atoms with E-state index in [1.165, 1.54) is 17.0 Å². The van der Waals surface area contributed by atoms with Crippen molar-refractivity contribution in [1.82, 2.24) is 0 Å². The molecule has 170 valence electrons. The lowest BCUT2D eigenvalue weighted by Crippen LogP contribution is -2.38. The van der Waals surface area contributed by atoms with Crippen molar-refractivity contribution in [2.24, 2.45) is 0 Å². The SMILES string of the molecule is C=C1N(c2ccc(S(F)(F)(F)(F)F)cc2)C(=C)C(C)(C)N1c1ccc(C(F)(F)F)cc1. The van der Waals surface area contributed by atoms with Gasteiger partial charge in [-0.3, -0.25) is 4.90 Å². The molecule has 11 heteroatoms. The van der Waals surface area contributed by atoms with E-state index in [2.05, 4.69) is 13.2 Å². The highest BCUT2D eigenvalue weighted by molar-refractivity contribution is 8.45. The van der Waals surface area contributed by atoms with E-state index in [-0.39, 0.29) is 23.6 Å². The minimum atomic E-state index is -9.82. The van der Waals surface area contributed by atoms with E-state index in [1.54, 1.807) is 18.7 Å². The molecule has 0 radical (unpaired) electrons. The molecule has 0 saturated carbocycles. The predicted molar refractivity (Wildman–Crippen MR) is 107 cm³/mol. The van der Waals surface area contributed by atoms with E-state index < -0.39 is 32.4 Å². The van der Waals surface area contributed by atoms with Crippen LogP contribution < -0.4 is 9.80 Å². The zero-order chi connectivity index (χ0) is 23.7. The Morgan fingerprint density at radius 1 is 0.774 bits per heavy atom. The summed E-state index contributed by atoms with van der Waals surface area (Å²) < 4.78 is 104. The molecule has 0 aromatic heterocycles. The second-order valence-electron chi connectivity index (χ2n) is 7.60. The maximum absolute atomic E-state index is 13.0. The first-order valence-electron chi connectivity index (χ1n) is 8.73. The van der Waals surface area contributed by atoms with E-state index in [0.717, 1.165) is 24.3 Å². The predicted octanol–water partition coefficient (Wildman–Crippen LogP) is 8.45. The first-order chi connectivity index (χ1) is 13.7. The average Bonchev–Trinajstić information content (AvgIpc) is 2.77. The Morgan fingerprint density at radius 3 is 1.65 bits per heavy atom. The molecule has 3 rings (SSSR count). The molecule has 31 heavy (non-hydrogen) atoms. The Morgan fingerprint density at radius 2 is 1.23 bits per heavy atom. The fourth-order valence-electron chi connectivity index (χ4n) is 3.41. The molecule has 1 aliphatic heterocycles. The van der Waals surface area contributed by atoms with Crippen LogP contribution in [0.5, 0.6) is 0 Å². The monoisotopic (exact) mass is 470 g/mol. The third kappa shape index (κ3) is 4.10. The summed E-state index contributed by atoms with van der Waals surface area (Å²) in [5.74, 6) is 0.190. The van der Waals surface area contributed by atoms with Crippen LogP contribution in [0.1, 0.15) is 19.4 Å². The highest BCUT2D eigenvalue weighted by atomic mass is 32.5. The largest absolute Gasteiger partial charge is 0.416 e. The minimum absolute atomic E-state index is 0.100. The second-order valence-corrected chi connectivity index (χ2v) is 10.0. The van der Waals surface area contributed by atoms with Crippen molar-refractivity contribution in [3.8, 4) is 0 Å². The summed E-state index contributed by atoms with van der Waals surface area (Å²) in [7, 11) is -9.82. The third-order valence-electron chi connectivity index (χ3n) is 5.04. The Labute approximate surface area is 173 Å². The molecule has 0 atom stereocenters. The molecule has 1 fully saturated rings. The number of hydrogen-bond donors (Lipinski definition) is 0. The second kappa shape index (κ2) is 5.96. The molecular formula is C20H18F8N2S. The minimum Gasteiger partial charge on any atom is -0.317 e. The normalized spacial score (nSPS) is 19.4. The zero-order valence-corrected chi connectivity index (χ0v) is 17.2. The van der Waals surface area contributed by atoms with Gasteiger partial charge in [0.2, 0.25) is 0 Å². The Kier molecular flexibility index (Phi) is 4.42. The fraction of sp³-hybridized carbons (Fsp3) is 0.200. The van der Waals surface area contributed by atoms with Crippen LogP contribution >= 0.6 is 10.2 Å². The van der Waals surface area contributed by atoms with Gasteiger partial charge in [0.1, 0.15) is 10.7 Å². The van der Waals surface area contributed by atoms with Crippen LogP contribution in [0, 0.1) is 0 Å². The van der Waals surface area contributed by atoms with E-state index in [4.69, 9.17) is 0 Å². The molecule has 0 unspecified atom stereocenters. The van der Waals surface area contributed by atoms with Crippen LogP contribution in [-0.4, -0.2) is 5.54 Å². The van der Waals surface area contributed by atoms with Crippen LogP contribution in [0.4, 0.5) is 44.0 Å². The quantitative estimate of drug-likeness (QED) is 0.415. The Bertz CT molecular complexity index is 1050. The molecule has 1 heterocycles. The van der Waals surface area contributed by atoms with Crippen molar-refractivity contribution >= 4 is 21.6 Å². The van der Waals surface area contributed by atoms with Crippen molar-refractivity contribution in [2.75, 3.05) is 9.80 Å². The van der Waals surface area contributed by atoms with Gasteiger partial charge in [-0.15, -0.1) is 0 Å². The maximum Gasteiger partial charge on any atom is 0.416 e. The van der Waals surface area contributed by atoms with Crippen molar-refractivity contribution < 1.29 is 32.6 Å². The van der Waals surface area contributed by atoms with Gasteiger partial charge < -0.3 is 4.90 Å². The summed E-state index contributed by atoms with van der Waals surface area (Å²) in [5.41, 5.74) is -0.979. The smallest absolute Gasteiger partial charge is 0.317 e. The van der Waals surface area contributed by atoms with Crippen LogP contribution in [0.3, 0.4) is 0 Å². The third-order valence-corrected chi connectivity index (χ3v) is 6.21. The molecule has 2 nitrogen and oxygen atoms in total. The van der Waals surface area contributed by atoms with E-state index >= 15 is 0 Å². The van der Waals surface area contributed by atoms with Gasteiger partial charge in [-0.05, 0) is 62.4 Å². The Hall–Kier alpha value is -2.69. The van der Waals surface area contributed by atoms with Gasteiger partial charge in [-0.1, -0.05) is 32.6 Å². The molecule has 0 N–H and O–H groups in total. The van der Waals surface area contributed by atoms with Gasteiger partial charge in [-0.25, -0.2) is 0 Å². The van der Waals surface area contributed by atoms with Gasteiger partial charge in [0.15, 0.2) is 0 Å². The summed E-state index contributed by atoms with van der Waals surface area (Å²) in [6.45, 7) is 11.2. The highest BCUT2D eigenvalue weighted by Gasteiger charge is 2.65. The molecule has 0 aliphatic carbocycles. The van der Waals surface area contributed by atoms with E-state index in [0.29, 0.717) is 11.4 Å². The van der Waals surface area contributed by atoms with Crippen molar-refractivity contribution in [1.29, 1.82) is 0 Å². The number of benzene rings is 2.